The van der Waals surface area contributed by atoms with E-state index < -0.39 is 0 Å². The van der Waals surface area contributed by atoms with Gasteiger partial charge in [-0.1, -0.05) is 31.7 Å². The monoisotopic (exact) mass is 337 g/mol. The van der Waals surface area contributed by atoms with Gasteiger partial charge in [0.1, 0.15) is 0 Å². The fourth-order valence-corrected chi connectivity index (χ4v) is 4.16. The Labute approximate surface area is 138 Å². The highest BCUT2D eigenvalue weighted by atomic mass is 32.2. The van der Waals surface area contributed by atoms with Crippen LogP contribution in [-0.4, -0.2) is 39.8 Å². The molecule has 0 radical (unpaired) electrons. The van der Waals surface area contributed by atoms with Gasteiger partial charge < -0.3 is 9.32 Å². The van der Waals surface area contributed by atoms with E-state index in [1.54, 1.807) is 11.3 Å². The quantitative estimate of drug-likeness (QED) is 0.800. The Balaban J connectivity index is 1.55. The van der Waals surface area contributed by atoms with Crippen LogP contribution in [0.15, 0.2) is 27.2 Å². The first kappa shape index (κ1) is 15.6. The van der Waals surface area contributed by atoms with Crippen LogP contribution in [0.3, 0.4) is 0 Å². The standard InChI is InChI=1S/C15H19N3O2S2/c1-10-6-11(2)8-18(7-10)13(19)9-22-15-17-16-14(20-15)12-4-3-5-21-12/h3-5,10-11H,6-9H2,1-2H3/t10-,11-/m1/s1. The summed E-state index contributed by atoms with van der Waals surface area (Å²) in [5.74, 6) is 2.17. The van der Waals surface area contributed by atoms with Gasteiger partial charge in [-0.25, -0.2) is 0 Å². The van der Waals surface area contributed by atoms with E-state index in [0.717, 1.165) is 18.0 Å². The van der Waals surface area contributed by atoms with Gasteiger partial charge in [0.25, 0.3) is 11.1 Å². The highest BCUT2D eigenvalue weighted by Gasteiger charge is 2.25. The zero-order chi connectivity index (χ0) is 15.5. The van der Waals surface area contributed by atoms with Crippen LogP contribution in [0.1, 0.15) is 20.3 Å². The van der Waals surface area contributed by atoms with E-state index in [0.29, 0.717) is 28.7 Å². The lowest BCUT2D eigenvalue weighted by atomic mass is 9.92. The van der Waals surface area contributed by atoms with Crippen molar-refractivity contribution in [3.63, 3.8) is 0 Å². The molecule has 0 aliphatic carbocycles. The minimum absolute atomic E-state index is 0.152. The molecule has 0 bridgehead atoms. The van der Waals surface area contributed by atoms with Crippen molar-refractivity contribution in [2.75, 3.05) is 18.8 Å². The van der Waals surface area contributed by atoms with Crippen molar-refractivity contribution in [2.45, 2.75) is 25.5 Å². The van der Waals surface area contributed by atoms with E-state index in [1.807, 2.05) is 22.4 Å². The molecule has 22 heavy (non-hydrogen) atoms. The van der Waals surface area contributed by atoms with Gasteiger partial charge in [0, 0.05) is 13.1 Å². The first-order chi connectivity index (χ1) is 10.6. The zero-order valence-corrected chi connectivity index (χ0v) is 14.3. The first-order valence-electron chi connectivity index (χ1n) is 7.39. The smallest absolute Gasteiger partial charge is 0.277 e. The fraction of sp³-hybridized carbons (Fsp3) is 0.533. The number of aromatic nitrogens is 2. The number of nitrogens with zero attached hydrogens (tertiary/aromatic N) is 3. The molecular weight excluding hydrogens is 318 g/mol. The maximum absolute atomic E-state index is 12.3. The number of rotatable bonds is 4. The molecule has 0 saturated carbocycles. The summed E-state index contributed by atoms with van der Waals surface area (Å²) in [6, 6.07) is 3.88. The van der Waals surface area contributed by atoms with E-state index in [4.69, 9.17) is 4.42 Å². The third kappa shape index (κ3) is 3.70. The normalized spacial score (nSPS) is 22.0. The Morgan fingerprint density at radius 3 is 2.86 bits per heavy atom. The number of carbonyl (C=O) groups excluding carboxylic acids is 1. The molecule has 3 heterocycles. The topological polar surface area (TPSA) is 59.2 Å². The molecule has 1 amide bonds. The second kappa shape index (κ2) is 6.83. The number of thioether (sulfide) groups is 1. The van der Waals surface area contributed by atoms with Gasteiger partial charge in [0.05, 0.1) is 10.6 Å². The van der Waals surface area contributed by atoms with E-state index in [9.17, 15) is 4.79 Å². The number of piperidine rings is 1. The summed E-state index contributed by atoms with van der Waals surface area (Å²) >= 11 is 2.87. The van der Waals surface area contributed by atoms with Gasteiger partial charge in [0.15, 0.2) is 0 Å². The molecule has 2 atom stereocenters. The van der Waals surface area contributed by atoms with Crippen molar-refractivity contribution >= 4 is 29.0 Å². The molecule has 1 fully saturated rings. The highest BCUT2D eigenvalue weighted by molar-refractivity contribution is 7.99. The second-order valence-electron chi connectivity index (χ2n) is 5.88. The molecule has 0 N–H and O–H groups in total. The van der Waals surface area contributed by atoms with Crippen molar-refractivity contribution in [3.8, 4) is 10.8 Å². The number of likely N-dealkylation sites (tertiary alicyclic amines) is 1. The zero-order valence-electron chi connectivity index (χ0n) is 12.7. The Kier molecular flexibility index (Phi) is 4.83. The average molecular weight is 337 g/mol. The molecule has 118 valence electrons. The lowest BCUT2D eigenvalue weighted by Gasteiger charge is -2.34. The molecule has 0 aromatic carbocycles. The third-order valence-corrected chi connectivity index (χ3v) is 5.34. The van der Waals surface area contributed by atoms with Gasteiger partial charge in [-0.2, -0.15) is 0 Å². The minimum atomic E-state index is 0.152. The lowest BCUT2D eigenvalue weighted by molar-refractivity contribution is -0.130. The maximum atomic E-state index is 12.3. The summed E-state index contributed by atoms with van der Waals surface area (Å²) in [7, 11) is 0. The summed E-state index contributed by atoms with van der Waals surface area (Å²) in [6.45, 7) is 6.12. The summed E-state index contributed by atoms with van der Waals surface area (Å²) in [5, 5.41) is 10.4. The molecule has 0 spiro atoms. The van der Waals surface area contributed by atoms with E-state index >= 15 is 0 Å². The molecule has 5 nitrogen and oxygen atoms in total. The molecule has 2 aromatic heterocycles. The van der Waals surface area contributed by atoms with Gasteiger partial charge >= 0.3 is 0 Å². The van der Waals surface area contributed by atoms with Crippen LogP contribution in [0.2, 0.25) is 0 Å². The second-order valence-corrected chi connectivity index (χ2v) is 7.76. The van der Waals surface area contributed by atoms with Crippen molar-refractivity contribution in [1.29, 1.82) is 0 Å². The minimum Gasteiger partial charge on any atom is -0.410 e. The van der Waals surface area contributed by atoms with Gasteiger partial charge in [-0.3, -0.25) is 4.79 Å². The number of amides is 1. The van der Waals surface area contributed by atoms with Crippen molar-refractivity contribution in [2.24, 2.45) is 11.8 Å². The van der Waals surface area contributed by atoms with Crippen LogP contribution < -0.4 is 0 Å². The van der Waals surface area contributed by atoms with Crippen molar-refractivity contribution < 1.29 is 9.21 Å². The van der Waals surface area contributed by atoms with E-state index in [-0.39, 0.29) is 5.91 Å². The molecule has 0 unspecified atom stereocenters. The molecule has 2 aromatic rings. The lowest BCUT2D eigenvalue weighted by Crippen LogP contribution is -2.43. The Morgan fingerprint density at radius 1 is 1.41 bits per heavy atom. The molecular formula is C15H19N3O2S2. The molecule has 1 aliphatic rings. The number of hydrogen-bond donors (Lipinski definition) is 0. The van der Waals surface area contributed by atoms with E-state index in [2.05, 4.69) is 24.0 Å². The number of carbonyl (C=O) groups is 1. The van der Waals surface area contributed by atoms with Crippen LogP contribution in [0, 0.1) is 11.8 Å². The third-order valence-electron chi connectivity index (χ3n) is 3.68. The van der Waals surface area contributed by atoms with E-state index in [1.165, 1.54) is 18.2 Å². The summed E-state index contributed by atoms with van der Waals surface area (Å²) < 4.78 is 5.59. The Morgan fingerprint density at radius 2 is 2.18 bits per heavy atom. The molecule has 1 aliphatic heterocycles. The van der Waals surface area contributed by atoms with Gasteiger partial charge in [-0.15, -0.1) is 21.5 Å². The maximum Gasteiger partial charge on any atom is 0.277 e. The average Bonchev–Trinajstić information content (AvgIpc) is 3.14. The number of hydrogen-bond acceptors (Lipinski definition) is 6. The first-order valence-corrected chi connectivity index (χ1v) is 9.26. The molecule has 3 rings (SSSR count). The predicted octanol–water partition coefficient (Wildman–Crippen LogP) is 3.39. The van der Waals surface area contributed by atoms with Crippen LogP contribution in [0.25, 0.3) is 10.8 Å². The van der Waals surface area contributed by atoms with Crippen LogP contribution in [0.5, 0.6) is 0 Å². The largest absolute Gasteiger partial charge is 0.410 e. The van der Waals surface area contributed by atoms with Crippen molar-refractivity contribution in [3.05, 3.63) is 17.5 Å². The Bertz CT molecular complexity index is 617. The van der Waals surface area contributed by atoms with Crippen LogP contribution in [0.4, 0.5) is 0 Å². The molecule has 1 saturated heterocycles. The number of thiophene rings is 1. The van der Waals surface area contributed by atoms with Crippen LogP contribution in [-0.2, 0) is 4.79 Å². The predicted molar refractivity (Wildman–Crippen MR) is 87.9 cm³/mol. The van der Waals surface area contributed by atoms with Crippen LogP contribution >= 0.6 is 23.1 Å². The summed E-state index contributed by atoms with van der Waals surface area (Å²) in [4.78, 5) is 15.2. The Hall–Kier alpha value is -1.34. The SMILES string of the molecule is C[C@@H]1C[C@@H](C)CN(C(=O)CSc2nnc(-c3cccs3)o2)C1. The van der Waals surface area contributed by atoms with Gasteiger partial charge in [0.2, 0.25) is 5.91 Å². The molecule has 7 heteroatoms. The van der Waals surface area contributed by atoms with Crippen molar-refractivity contribution in [1.82, 2.24) is 15.1 Å². The fourth-order valence-electron chi connectivity index (χ4n) is 2.85. The van der Waals surface area contributed by atoms with Gasteiger partial charge in [-0.05, 0) is 29.7 Å². The summed E-state index contributed by atoms with van der Waals surface area (Å²) in [6.07, 6.45) is 1.20. The highest BCUT2D eigenvalue weighted by Crippen LogP contribution is 2.27. The summed E-state index contributed by atoms with van der Waals surface area (Å²) in [5.41, 5.74) is 0.